The SMILES string of the molecule is CCc1cn(C(CC)C(=O)NC(CC(=O)O)C(=O)CN2CCCC2)c(=O)c(NC/C(=N/O)C(C)N)n1. The quantitative estimate of drug-likeness (QED) is 0.130. The van der Waals surface area contributed by atoms with E-state index in [0.29, 0.717) is 12.1 Å². The van der Waals surface area contributed by atoms with Crippen LogP contribution in [0.2, 0.25) is 0 Å². The van der Waals surface area contributed by atoms with Gasteiger partial charge < -0.3 is 26.7 Å². The van der Waals surface area contributed by atoms with Crippen molar-refractivity contribution < 1.29 is 24.7 Å². The summed E-state index contributed by atoms with van der Waals surface area (Å²) in [5.74, 6) is -2.27. The number of anilines is 1. The van der Waals surface area contributed by atoms with Gasteiger partial charge in [0.2, 0.25) is 5.91 Å². The summed E-state index contributed by atoms with van der Waals surface area (Å²) < 4.78 is 1.23. The topological polar surface area (TPSA) is 192 Å². The molecule has 0 radical (unpaired) electrons. The van der Waals surface area contributed by atoms with Crippen LogP contribution in [0.5, 0.6) is 0 Å². The number of carbonyl (C=O) groups is 3. The Balaban J connectivity index is 2.29. The molecule has 1 aromatic heterocycles. The number of rotatable bonds is 14. The fourth-order valence-corrected chi connectivity index (χ4v) is 4.01. The molecule has 6 N–H and O–H groups in total. The zero-order valence-corrected chi connectivity index (χ0v) is 21.1. The number of carboxylic acids is 1. The van der Waals surface area contributed by atoms with Gasteiger partial charge in [0.1, 0.15) is 6.04 Å². The molecule has 1 aromatic rings. The van der Waals surface area contributed by atoms with Gasteiger partial charge in [-0.15, -0.1) is 0 Å². The van der Waals surface area contributed by atoms with Gasteiger partial charge in [0.05, 0.1) is 37.0 Å². The first-order valence-corrected chi connectivity index (χ1v) is 12.2. The maximum absolute atomic E-state index is 13.2. The molecule has 1 amide bonds. The van der Waals surface area contributed by atoms with Gasteiger partial charge in [-0.2, -0.15) is 0 Å². The Bertz CT molecular complexity index is 1020. The van der Waals surface area contributed by atoms with Crippen LogP contribution in [0.15, 0.2) is 16.1 Å². The molecule has 1 aliphatic rings. The molecule has 2 rings (SSSR count). The van der Waals surface area contributed by atoms with Crippen molar-refractivity contribution in [1.29, 1.82) is 0 Å². The predicted octanol–water partition coefficient (Wildman–Crippen LogP) is -0.0295. The molecule has 0 spiro atoms. The number of aliphatic carboxylic acids is 1. The highest BCUT2D eigenvalue weighted by molar-refractivity contribution is 5.94. The van der Waals surface area contributed by atoms with Crippen LogP contribution in [0, 0.1) is 0 Å². The maximum Gasteiger partial charge on any atom is 0.305 e. The number of oxime groups is 1. The third kappa shape index (κ3) is 7.85. The molecule has 0 aliphatic carbocycles. The van der Waals surface area contributed by atoms with Gasteiger partial charge in [-0.05, 0) is 45.7 Å². The van der Waals surface area contributed by atoms with Gasteiger partial charge in [-0.3, -0.25) is 28.6 Å². The predicted molar refractivity (Wildman–Crippen MR) is 133 cm³/mol. The van der Waals surface area contributed by atoms with Crippen LogP contribution in [0.3, 0.4) is 0 Å². The summed E-state index contributed by atoms with van der Waals surface area (Å²) in [6, 6.07) is -2.76. The van der Waals surface area contributed by atoms with Crippen LogP contribution in [0.4, 0.5) is 5.82 Å². The lowest BCUT2D eigenvalue weighted by atomic mass is 10.1. The molecular formula is C23H37N7O6. The van der Waals surface area contributed by atoms with Crippen molar-refractivity contribution in [3.63, 3.8) is 0 Å². The Morgan fingerprint density at radius 2 is 1.92 bits per heavy atom. The first kappa shape index (κ1) is 28.9. The number of Topliss-reactive ketones (excluding diaryl/α,β-unsaturated/α-hetero) is 1. The van der Waals surface area contributed by atoms with E-state index in [-0.39, 0.29) is 36.8 Å². The molecule has 1 aliphatic heterocycles. The summed E-state index contributed by atoms with van der Waals surface area (Å²) in [6.07, 6.45) is 3.55. The van der Waals surface area contributed by atoms with Gasteiger partial charge in [-0.25, -0.2) is 4.98 Å². The largest absolute Gasteiger partial charge is 0.481 e. The number of likely N-dealkylation sites (tertiary alicyclic amines) is 1. The number of carbonyl (C=O) groups excluding carboxylic acids is 2. The third-order valence-corrected chi connectivity index (χ3v) is 6.12. The molecule has 3 atom stereocenters. The molecular weight excluding hydrogens is 470 g/mol. The second-order valence-corrected chi connectivity index (χ2v) is 8.91. The minimum atomic E-state index is -1.21. The van der Waals surface area contributed by atoms with Gasteiger partial charge in [0.25, 0.3) is 5.56 Å². The minimum Gasteiger partial charge on any atom is -0.481 e. The van der Waals surface area contributed by atoms with Crippen molar-refractivity contribution in [1.82, 2.24) is 19.8 Å². The number of aryl methyl sites for hydroxylation is 1. The lowest BCUT2D eigenvalue weighted by Gasteiger charge is -2.24. The van der Waals surface area contributed by atoms with E-state index in [2.05, 4.69) is 20.8 Å². The Hall–Kier alpha value is -3.32. The summed E-state index contributed by atoms with van der Waals surface area (Å²) in [5.41, 5.74) is 5.89. The number of hydrogen-bond acceptors (Lipinski definition) is 10. The smallest absolute Gasteiger partial charge is 0.305 e. The van der Waals surface area contributed by atoms with Crippen LogP contribution >= 0.6 is 0 Å². The van der Waals surface area contributed by atoms with E-state index in [9.17, 15) is 24.3 Å². The Morgan fingerprint density at radius 3 is 2.44 bits per heavy atom. The molecule has 0 aromatic carbocycles. The van der Waals surface area contributed by atoms with Gasteiger partial charge in [-0.1, -0.05) is 19.0 Å². The number of aromatic nitrogens is 2. The molecule has 1 saturated heterocycles. The van der Waals surface area contributed by atoms with E-state index in [1.807, 2.05) is 11.8 Å². The average molecular weight is 508 g/mol. The lowest BCUT2D eigenvalue weighted by molar-refractivity contribution is -0.140. The number of carboxylic acid groups (broad SMARTS) is 1. The Morgan fingerprint density at radius 1 is 1.25 bits per heavy atom. The van der Waals surface area contributed by atoms with Gasteiger partial charge >= 0.3 is 5.97 Å². The van der Waals surface area contributed by atoms with Crippen LogP contribution in [-0.4, -0.2) is 86.4 Å². The highest BCUT2D eigenvalue weighted by atomic mass is 16.4. The normalized spacial score (nSPS) is 16.8. The van der Waals surface area contributed by atoms with Crippen LogP contribution < -0.4 is 21.9 Å². The molecule has 2 heterocycles. The molecule has 0 bridgehead atoms. The van der Waals surface area contributed by atoms with Crippen molar-refractivity contribution in [2.75, 3.05) is 31.5 Å². The highest BCUT2D eigenvalue weighted by Gasteiger charge is 2.30. The summed E-state index contributed by atoms with van der Waals surface area (Å²) in [6.45, 7) is 6.71. The number of nitrogens with one attached hydrogen (secondary N) is 2. The maximum atomic E-state index is 13.2. The second-order valence-electron chi connectivity index (χ2n) is 8.91. The van der Waals surface area contributed by atoms with E-state index in [0.717, 1.165) is 25.9 Å². The first-order chi connectivity index (χ1) is 17.1. The van der Waals surface area contributed by atoms with Crippen LogP contribution in [0.1, 0.15) is 58.2 Å². The molecule has 36 heavy (non-hydrogen) atoms. The summed E-state index contributed by atoms with van der Waals surface area (Å²) in [4.78, 5) is 56.9. The standard InChI is InChI=1S/C23H37N7O6/c1-4-15-12-30(23(35)21(26-15)25-11-17(28-36)14(3)24)18(5-2)22(34)27-16(10-20(32)33)19(31)13-29-8-6-7-9-29/h12,14,16,18,36H,4-11,13,24H2,1-3H3,(H,25,26)(H,27,34)(H,32,33)/b28-17-. The summed E-state index contributed by atoms with van der Waals surface area (Å²) >= 11 is 0. The van der Waals surface area contributed by atoms with Crippen LogP contribution in [-0.2, 0) is 20.8 Å². The van der Waals surface area contributed by atoms with Crippen molar-refractivity contribution in [3.8, 4) is 0 Å². The third-order valence-electron chi connectivity index (χ3n) is 6.12. The fourth-order valence-electron chi connectivity index (χ4n) is 4.01. The van der Waals surface area contributed by atoms with Crippen molar-refractivity contribution in [2.24, 2.45) is 10.9 Å². The molecule has 3 unspecified atom stereocenters. The molecule has 13 nitrogen and oxygen atoms in total. The van der Waals surface area contributed by atoms with Crippen molar-refractivity contribution in [2.45, 2.75) is 71.0 Å². The van der Waals surface area contributed by atoms with E-state index >= 15 is 0 Å². The number of ketones is 1. The average Bonchev–Trinajstić information content (AvgIpc) is 3.33. The second kappa shape index (κ2) is 13.7. The van der Waals surface area contributed by atoms with E-state index in [1.165, 1.54) is 10.8 Å². The zero-order chi connectivity index (χ0) is 26.8. The number of hydrogen-bond donors (Lipinski definition) is 5. The summed E-state index contributed by atoms with van der Waals surface area (Å²) in [7, 11) is 0. The number of nitrogens with two attached hydrogens (primary N) is 1. The Kier molecular flexibility index (Phi) is 11.0. The van der Waals surface area contributed by atoms with E-state index in [4.69, 9.17) is 10.9 Å². The monoisotopic (exact) mass is 507 g/mol. The van der Waals surface area contributed by atoms with Crippen molar-refractivity contribution in [3.05, 3.63) is 22.2 Å². The Labute approximate surface area is 209 Å². The lowest BCUT2D eigenvalue weighted by Crippen LogP contribution is -2.49. The minimum absolute atomic E-state index is 0.0295. The molecule has 1 fully saturated rings. The number of amides is 1. The van der Waals surface area contributed by atoms with Crippen molar-refractivity contribution >= 4 is 29.2 Å². The van der Waals surface area contributed by atoms with Gasteiger partial charge in [0.15, 0.2) is 11.6 Å². The summed E-state index contributed by atoms with van der Waals surface area (Å²) in [5, 5.41) is 26.9. The zero-order valence-electron chi connectivity index (χ0n) is 21.1. The van der Waals surface area contributed by atoms with Gasteiger partial charge in [0, 0.05) is 12.2 Å². The van der Waals surface area contributed by atoms with E-state index < -0.39 is 42.0 Å². The molecule has 13 heteroatoms. The number of nitrogens with zero attached hydrogens (tertiary/aromatic N) is 4. The molecule has 200 valence electrons. The fraction of sp³-hybridized carbons (Fsp3) is 0.652. The molecule has 0 saturated carbocycles. The first-order valence-electron chi connectivity index (χ1n) is 12.2. The van der Waals surface area contributed by atoms with Crippen LogP contribution in [0.25, 0.3) is 0 Å². The van der Waals surface area contributed by atoms with E-state index in [1.54, 1.807) is 13.8 Å². The highest BCUT2D eigenvalue weighted by Crippen LogP contribution is 2.14.